The predicted octanol–water partition coefficient (Wildman–Crippen LogP) is 4.91. The lowest BCUT2D eigenvalue weighted by molar-refractivity contribution is -0.116. The van der Waals surface area contributed by atoms with E-state index in [-0.39, 0.29) is 5.91 Å². The number of hydrogen-bond donors (Lipinski definition) is 1. The number of rotatable bonds is 3. The molecule has 2 aromatic rings. The van der Waals surface area contributed by atoms with Crippen LogP contribution in [0.2, 0.25) is 10.0 Å². The highest BCUT2D eigenvalue weighted by Crippen LogP contribution is 2.25. The Balaban J connectivity index is 2.13. The molecule has 0 fully saturated rings. The molecule has 98 valence electrons. The van der Waals surface area contributed by atoms with Crippen molar-refractivity contribution < 1.29 is 4.79 Å². The molecule has 0 radical (unpaired) electrons. The minimum atomic E-state index is -0.765. The van der Waals surface area contributed by atoms with Crippen molar-refractivity contribution in [3.05, 3.63) is 64.1 Å². The number of carbonyl (C=O) groups excluding carboxylic acids is 1. The second-order valence-electron chi connectivity index (χ2n) is 3.92. The molecular formula is C14H10Cl3NO. The summed E-state index contributed by atoms with van der Waals surface area (Å²) >= 11 is 17.8. The summed E-state index contributed by atoms with van der Waals surface area (Å²) in [4.78, 5) is 12.0. The molecule has 2 aromatic carbocycles. The molecule has 1 unspecified atom stereocenters. The van der Waals surface area contributed by atoms with Gasteiger partial charge in [0.05, 0.1) is 0 Å². The first-order valence-electron chi connectivity index (χ1n) is 5.52. The number of halogens is 3. The van der Waals surface area contributed by atoms with E-state index in [1.807, 2.05) is 18.2 Å². The van der Waals surface area contributed by atoms with Gasteiger partial charge in [-0.05, 0) is 23.8 Å². The van der Waals surface area contributed by atoms with Crippen molar-refractivity contribution in [2.45, 2.75) is 5.38 Å². The number of anilines is 1. The lowest BCUT2D eigenvalue weighted by atomic mass is 10.1. The van der Waals surface area contributed by atoms with Crippen LogP contribution in [0.3, 0.4) is 0 Å². The minimum Gasteiger partial charge on any atom is -0.324 e. The van der Waals surface area contributed by atoms with E-state index in [1.165, 1.54) is 0 Å². The van der Waals surface area contributed by atoms with E-state index in [1.54, 1.807) is 30.3 Å². The Hall–Kier alpha value is -1.22. The number of hydrogen-bond acceptors (Lipinski definition) is 1. The third kappa shape index (κ3) is 3.87. The summed E-state index contributed by atoms with van der Waals surface area (Å²) in [6.07, 6.45) is 0. The first kappa shape index (κ1) is 14.2. The summed E-state index contributed by atoms with van der Waals surface area (Å²) < 4.78 is 0. The standard InChI is InChI=1S/C14H10Cl3NO/c15-10-6-11(16)8-12(7-10)18-14(19)13(17)9-4-2-1-3-5-9/h1-8,13H,(H,18,19). The second-order valence-corrected chi connectivity index (χ2v) is 5.23. The Morgan fingerprint density at radius 2 is 1.58 bits per heavy atom. The smallest absolute Gasteiger partial charge is 0.246 e. The van der Waals surface area contributed by atoms with Crippen LogP contribution < -0.4 is 5.32 Å². The molecular weight excluding hydrogens is 305 g/mol. The molecule has 1 amide bonds. The van der Waals surface area contributed by atoms with Gasteiger partial charge in [0.15, 0.2) is 0 Å². The van der Waals surface area contributed by atoms with Crippen LogP contribution in [0.4, 0.5) is 5.69 Å². The van der Waals surface area contributed by atoms with Crippen LogP contribution in [0.1, 0.15) is 10.9 Å². The molecule has 0 aliphatic rings. The van der Waals surface area contributed by atoms with Gasteiger partial charge in [-0.1, -0.05) is 53.5 Å². The zero-order valence-corrected chi connectivity index (χ0v) is 12.0. The molecule has 19 heavy (non-hydrogen) atoms. The van der Waals surface area contributed by atoms with Gasteiger partial charge in [0.25, 0.3) is 0 Å². The zero-order chi connectivity index (χ0) is 13.8. The maximum atomic E-state index is 12.0. The summed E-state index contributed by atoms with van der Waals surface area (Å²) in [5.74, 6) is -0.328. The summed E-state index contributed by atoms with van der Waals surface area (Å²) in [5, 5.41) is 2.82. The highest BCUT2D eigenvalue weighted by atomic mass is 35.5. The number of benzene rings is 2. The maximum absolute atomic E-state index is 12.0. The van der Waals surface area contributed by atoms with Gasteiger partial charge < -0.3 is 5.32 Å². The molecule has 0 aliphatic carbocycles. The van der Waals surface area contributed by atoms with Gasteiger partial charge in [-0.3, -0.25) is 4.79 Å². The Morgan fingerprint density at radius 1 is 1.00 bits per heavy atom. The molecule has 1 atom stereocenters. The molecule has 5 heteroatoms. The average molecular weight is 315 g/mol. The normalized spacial score (nSPS) is 11.9. The molecule has 0 aliphatic heterocycles. The van der Waals surface area contributed by atoms with Crippen LogP contribution in [-0.4, -0.2) is 5.91 Å². The molecule has 0 bridgehead atoms. The molecule has 0 spiro atoms. The average Bonchev–Trinajstić information content (AvgIpc) is 2.37. The monoisotopic (exact) mass is 313 g/mol. The molecule has 2 nitrogen and oxygen atoms in total. The van der Waals surface area contributed by atoms with Crippen molar-refractivity contribution in [1.29, 1.82) is 0 Å². The number of nitrogens with one attached hydrogen (secondary N) is 1. The largest absolute Gasteiger partial charge is 0.324 e. The fraction of sp³-hybridized carbons (Fsp3) is 0.0714. The Kier molecular flexibility index (Phi) is 4.70. The molecule has 0 heterocycles. The summed E-state index contributed by atoms with van der Waals surface area (Å²) in [6, 6.07) is 13.9. The SMILES string of the molecule is O=C(Nc1cc(Cl)cc(Cl)c1)C(Cl)c1ccccc1. The lowest BCUT2D eigenvalue weighted by Crippen LogP contribution is -2.17. The van der Waals surface area contributed by atoms with E-state index in [2.05, 4.69) is 5.32 Å². The topological polar surface area (TPSA) is 29.1 Å². The van der Waals surface area contributed by atoms with Crippen molar-refractivity contribution in [2.24, 2.45) is 0 Å². The number of carbonyl (C=O) groups is 1. The van der Waals surface area contributed by atoms with Crippen LogP contribution in [0, 0.1) is 0 Å². The third-order valence-electron chi connectivity index (χ3n) is 2.45. The van der Waals surface area contributed by atoms with E-state index in [0.29, 0.717) is 15.7 Å². The fourth-order valence-corrected chi connectivity index (χ4v) is 2.33. The van der Waals surface area contributed by atoms with Crippen molar-refractivity contribution in [3.8, 4) is 0 Å². The van der Waals surface area contributed by atoms with Crippen molar-refractivity contribution in [3.63, 3.8) is 0 Å². The van der Waals surface area contributed by atoms with E-state index >= 15 is 0 Å². The summed E-state index contributed by atoms with van der Waals surface area (Å²) in [7, 11) is 0. The van der Waals surface area contributed by atoms with Crippen LogP contribution in [0.15, 0.2) is 48.5 Å². The van der Waals surface area contributed by atoms with Gasteiger partial charge in [-0.15, -0.1) is 11.6 Å². The summed E-state index contributed by atoms with van der Waals surface area (Å²) in [5.41, 5.74) is 1.25. The van der Waals surface area contributed by atoms with Crippen LogP contribution >= 0.6 is 34.8 Å². The molecule has 0 aromatic heterocycles. The molecule has 1 N–H and O–H groups in total. The lowest BCUT2D eigenvalue weighted by Gasteiger charge is -2.11. The van der Waals surface area contributed by atoms with Crippen LogP contribution in [-0.2, 0) is 4.79 Å². The minimum absolute atomic E-state index is 0.328. The molecule has 0 saturated carbocycles. The van der Waals surface area contributed by atoms with Crippen LogP contribution in [0.25, 0.3) is 0 Å². The number of amides is 1. The maximum Gasteiger partial charge on any atom is 0.246 e. The van der Waals surface area contributed by atoms with E-state index < -0.39 is 5.38 Å². The summed E-state index contributed by atoms with van der Waals surface area (Å²) in [6.45, 7) is 0. The van der Waals surface area contributed by atoms with Crippen molar-refractivity contribution >= 4 is 46.4 Å². The first-order chi connectivity index (χ1) is 9.06. The van der Waals surface area contributed by atoms with Gasteiger partial charge in [0.2, 0.25) is 5.91 Å². The van der Waals surface area contributed by atoms with E-state index in [4.69, 9.17) is 34.8 Å². The fourth-order valence-electron chi connectivity index (χ4n) is 1.61. The van der Waals surface area contributed by atoms with E-state index in [0.717, 1.165) is 5.56 Å². The highest BCUT2D eigenvalue weighted by molar-refractivity contribution is 6.35. The third-order valence-corrected chi connectivity index (χ3v) is 3.34. The molecule has 0 saturated heterocycles. The highest BCUT2D eigenvalue weighted by Gasteiger charge is 2.17. The van der Waals surface area contributed by atoms with Crippen molar-refractivity contribution in [1.82, 2.24) is 0 Å². The Morgan fingerprint density at radius 3 is 2.16 bits per heavy atom. The quantitative estimate of drug-likeness (QED) is 0.801. The van der Waals surface area contributed by atoms with Gasteiger partial charge in [-0.2, -0.15) is 0 Å². The molecule has 2 rings (SSSR count). The van der Waals surface area contributed by atoms with Crippen LogP contribution in [0.5, 0.6) is 0 Å². The van der Waals surface area contributed by atoms with Gasteiger partial charge in [0.1, 0.15) is 5.38 Å². The zero-order valence-electron chi connectivity index (χ0n) is 9.74. The number of alkyl halides is 1. The van der Waals surface area contributed by atoms with E-state index in [9.17, 15) is 4.79 Å². The van der Waals surface area contributed by atoms with Crippen molar-refractivity contribution in [2.75, 3.05) is 5.32 Å². The second kappa shape index (κ2) is 6.29. The van der Waals surface area contributed by atoms with Gasteiger partial charge in [-0.25, -0.2) is 0 Å². The Labute approximate surface area is 126 Å². The Bertz CT molecular complexity index is 566. The predicted molar refractivity (Wildman–Crippen MR) is 80.1 cm³/mol. The van der Waals surface area contributed by atoms with Gasteiger partial charge in [0, 0.05) is 15.7 Å². The van der Waals surface area contributed by atoms with Gasteiger partial charge >= 0.3 is 0 Å². The first-order valence-corrected chi connectivity index (χ1v) is 6.71.